The first-order valence-corrected chi connectivity index (χ1v) is 8.94. The number of hydrogen-bond acceptors (Lipinski definition) is 2. The first-order valence-electron chi connectivity index (χ1n) is 8.94. The number of benzene rings is 2. The maximum atomic E-state index is 13.5. The second kappa shape index (κ2) is 7.77. The van der Waals surface area contributed by atoms with Gasteiger partial charge in [-0.3, -0.25) is 4.99 Å². The van der Waals surface area contributed by atoms with Gasteiger partial charge in [-0.1, -0.05) is 44.2 Å². The second-order valence-electron chi connectivity index (χ2n) is 7.19. The molecule has 0 spiro atoms. The minimum Gasteiger partial charge on any atom is -0.493 e. The fraction of sp³-hybridized carbons (Fsp3) is 0.381. The van der Waals surface area contributed by atoms with Gasteiger partial charge in [-0.15, -0.1) is 0 Å². The lowest BCUT2D eigenvalue weighted by Gasteiger charge is -2.30. The van der Waals surface area contributed by atoms with Crippen LogP contribution in [0.1, 0.15) is 37.4 Å². The Hall–Kier alpha value is -2.56. The normalized spacial score (nSPS) is 17.2. The predicted octanol–water partition coefficient (Wildman–Crippen LogP) is 3.79. The molecule has 0 radical (unpaired) electrons. The third kappa shape index (κ3) is 4.15. The van der Waals surface area contributed by atoms with Gasteiger partial charge in [0.2, 0.25) is 0 Å². The van der Waals surface area contributed by atoms with Crippen molar-refractivity contribution in [2.24, 2.45) is 4.99 Å². The van der Waals surface area contributed by atoms with Crippen LogP contribution in [0, 0.1) is 5.82 Å². The average molecular weight is 355 g/mol. The maximum absolute atomic E-state index is 13.5. The molecule has 5 heteroatoms. The van der Waals surface area contributed by atoms with Gasteiger partial charge in [0.1, 0.15) is 11.6 Å². The molecule has 0 amide bonds. The zero-order chi connectivity index (χ0) is 18.6. The molecule has 1 heterocycles. The molecule has 0 bridgehead atoms. The van der Waals surface area contributed by atoms with Gasteiger partial charge in [-0.2, -0.15) is 0 Å². The lowest BCUT2D eigenvalue weighted by atomic mass is 9.84. The minimum absolute atomic E-state index is 0.156. The maximum Gasteiger partial charge on any atom is 0.191 e. The van der Waals surface area contributed by atoms with E-state index in [1.165, 1.54) is 6.07 Å². The summed E-state index contributed by atoms with van der Waals surface area (Å²) in [5, 5.41) is 6.86. The average Bonchev–Trinajstić information content (AvgIpc) is 2.65. The van der Waals surface area contributed by atoms with Crippen LogP contribution in [0.25, 0.3) is 0 Å². The van der Waals surface area contributed by atoms with Crippen molar-refractivity contribution < 1.29 is 9.13 Å². The molecule has 0 saturated heterocycles. The van der Waals surface area contributed by atoms with E-state index in [4.69, 9.17) is 4.74 Å². The zero-order valence-corrected chi connectivity index (χ0v) is 15.6. The first-order chi connectivity index (χ1) is 12.5. The van der Waals surface area contributed by atoms with Gasteiger partial charge in [-0.25, -0.2) is 4.39 Å². The zero-order valence-electron chi connectivity index (χ0n) is 15.6. The molecule has 1 aliphatic rings. The molecule has 0 fully saturated rings. The lowest BCUT2D eigenvalue weighted by Crippen LogP contribution is -2.45. The Labute approximate surface area is 154 Å². The van der Waals surface area contributed by atoms with Gasteiger partial charge in [-0.05, 0) is 23.8 Å². The largest absolute Gasteiger partial charge is 0.493 e. The highest BCUT2D eigenvalue weighted by Gasteiger charge is 2.24. The molecule has 1 atom stereocenters. The predicted molar refractivity (Wildman–Crippen MR) is 103 cm³/mol. The highest BCUT2D eigenvalue weighted by molar-refractivity contribution is 5.80. The van der Waals surface area contributed by atoms with Crippen molar-refractivity contribution in [3.8, 4) is 5.75 Å². The Morgan fingerprint density at radius 3 is 2.81 bits per heavy atom. The van der Waals surface area contributed by atoms with E-state index in [0.29, 0.717) is 13.2 Å². The van der Waals surface area contributed by atoms with E-state index in [2.05, 4.69) is 35.5 Å². The van der Waals surface area contributed by atoms with Crippen LogP contribution in [0.15, 0.2) is 53.5 Å². The minimum atomic E-state index is -0.229. The molecule has 2 aromatic carbocycles. The van der Waals surface area contributed by atoms with Crippen molar-refractivity contribution in [2.45, 2.75) is 31.7 Å². The highest BCUT2D eigenvalue weighted by atomic mass is 19.1. The van der Waals surface area contributed by atoms with E-state index < -0.39 is 0 Å². The summed E-state index contributed by atoms with van der Waals surface area (Å²) in [4.78, 5) is 4.35. The number of aliphatic imine (C=N–C) groups is 1. The van der Waals surface area contributed by atoms with Crippen molar-refractivity contribution in [3.63, 3.8) is 0 Å². The lowest BCUT2D eigenvalue weighted by molar-refractivity contribution is 0.261. The quantitative estimate of drug-likeness (QED) is 0.648. The second-order valence-corrected chi connectivity index (χ2v) is 7.19. The van der Waals surface area contributed by atoms with Gasteiger partial charge in [0.25, 0.3) is 0 Å². The van der Waals surface area contributed by atoms with E-state index in [1.54, 1.807) is 19.2 Å². The van der Waals surface area contributed by atoms with E-state index in [0.717, 1.165) is 29.3 Å². The van der Waals surface area contributed by atoms with Crippen LogP contribution in [0.2, 0.25) is 0 Å². The van der Waals surface area contributed by atoms with E-state index >= 15 is 0 Å². The molecule has 0 saturated carbocycles. The highest BCUT2D eigenvalue weighted by Crippen LogP contribution is 2.31. The van der Waals surface area contributed by atoms with Crippen molar-refractivity contribution in [1.29, 1.82) is 0 Å². The van der Waals surface area contributed by atoms with Crippen LogP contribution in [0.5, 0.6) is 5.75 Å². The Balaban J connectivity index is 1.66. The van der Waals surface area contributed by atoms with Gasteiger partial charge in [0.15, 0.2) is 5.96 Å². The number of nitrogens with one attached hydrogen (secondary N) is 2. The van der Waals surface area contributed by atoms with Crippen LogP contribution in [-0.4, -0.2) is 26.2 Å². The molecule has 1 aliphatic heterocycles. The van der Waals surface area contributed by atoms with Gasteiger partial charge >= 0.3 is 0 Å². The summed E-state index contributed by atoms with van der Waals surface area (Å²) >= 11 is 0. The Bertz CT molecular complexity index is 788. The van der Waals surface area contributed by atoms with Crippen LogP contribution >= 0.6 is 0 Å². The van der Waals surface area contributed by atoms with Crippen LogP contribution < -0.4 is 15.4 Å². The molecular formula is C21H26FN3O. The number of ether oxygens (including phenoxy) is 1. The number of nitrogens with zero attached hydrogens (tertiary/aromatic N) is 1. The molecule has 138 valence electrons. The fourth-order valence-corrected chi connectivity index (χ4v) is 3.17. The SMILES string of the molecule is CN=C(NCC(C)(C)c1cccc(F)c1)NC1CCOc2ccccc21. The summed E-state index contributed by atoms with van der Waals surface area (Å²) in [5.74, 6) is 1.44. The molecule has 0 aliphatic carbocycles. The van der Waals surface area contributed by atoms with Gasteiger partial charge < -0.3 is 15.4 Å². The number of hydrogen-bond donors (Lipinski definition) is 2. The molecule has 4 nitrogen and oxygen atoms in total. The molecule has 0 aromatic heterocycles. The van der Waals surface area contributed by atoms with Crippen molar-refractivity contribution in [3.05, 3.63) is 65.5 Å². The number of guanidine groups is 1. The van der Waals surface area contributed by atoms with E-state index in [9.17, 15) is 4.39 Å². The van der Waals surface area contributed by atoms with Crippen molar-refractivity contribution >= 4 is 5.96 Å². The van der Waals surface area contributed by atoms with E-state index in [-0.39, 0.29) is 17.3 Å². The number of rotatable bonds is 4. The summed E-state index contributed by atoms with van der Waals surface area (Å²) in [6, 6.07) is 15.0. The van der Waals surface area contributed by atoms with Crippen LogP contribution in [-0.2, 0) is 5.41 Å². The standard InChI is InChI=1S/C21H26FN3O/c1-21(2,15-7-6-8-16(22)13-15)14-24-20(23-3)25-18-11-12-26-19-10-5-4-9-17(18)19/h4-10,13,18H,11-12,14H2,1-3H3,(H2,23,24,25). The summed E-state index contributed by atoms with van der Waals surface area (Å²) in [6.07, 6.45) is 0.880. The van der Waals surface area contributed by atoms with Gasteiger partial charge in [0.05, 0.1) is 12.6 Å². The fourth-order valence-electron chi connectivity index (χ4n) is 3.17. The Kier molecular flexibility index (Phi) is 5.45. The number of fused-ring (bicyclic) bond motifs is 1. The molecule has 2 N–H and O–H groups in total. The summed E-state index contributed by atoms with van der Waals surface area (Å²) in [5.41, 5.74) is 1.87. The monoisotopic (exact) mass is 355 g/mol. The summed E-state index contributed by atoms with van der Waals surface area (Å²) in [6.45, 7) is 5.50. The Morgan fingerprint density at radius 2 is 2.04 bits per heavy atom. The van der Waals surface area contributed by atoms with Gasteiger partial charge in [0, 0.05) is 31.0 Å². The molecule has 1 unspecified atom stereocenters. The molecular weight excluding hydrogens is 329 g/mol. The number of halogens is 1. The van der Waals surface area contributed by atoms with Crippen LogP contribution in [0.3, 0.4) is 0 Å². The summed E-state index contributed by atoms with van der Waals surface area (Å²) in [7, 11) is 1.76. The topological polar surface area (TPSA) is 45.7 Å². The number of para-hydroxylation sites is 1. The smallest absolute Gasteiger partial charge is 0.191 e. The van der Waals surface area contributed by atoms with Crippen molar-refractivity contribution in [1.82, 2.24) is 10.6 Å². The summed E-state index contributed by atoms with van der Waals surface area (Å²) < 4.78 is 19.3. The molecule has 3 rings (SSSR count). The third-order valence-corrected chi connectivity index (χ3v) is 4.80. The third-order valence-electron chi connectivity index (χ3n) is 4.80. The molecule has 2 aromatic rings. The van der Waals surface area contributed by atoms with Crippen molar-refractivity contribution in [2.75, 3.05) is 20.2 Å². The first kappa shape index (κ1) is 18.2. The Morgan fingerprint density at radius 1 is 1.23 bits per heavy atom. The molecule has 26 heavy (non-hydrogen) atoms. The van der Waals surface area contributed by atoms with Crippen LogP contribution in [0.4, 0.5) is 4.39 Å². The van der Waals surface area contributed by atoms with E-state index in [1.807, 2.05) is 24.3 Å².